The topological polar surface area (TPSA) is 68.3 Å². The van der Waals surface area contributed by atoms with Crippen LogP contribution in [0.1, 0.15) is 18.0 Å². The molecule has 0 fully saturated rings. The van der Waals surface area contributed by atoms with Crippen molar-refractivity contribution in [2.45, 2.75) is 12.5 Å². The second-order valence-corrected chi connectivity index (χ2v) is 5.85. The van der Waals surface area contributed by atoms with Crippen molar-refractivity contribution in [1.29, 1.82) is 0 Å². The molecule has 0 aliphatic carbocycles. The lowest BCUT2D eigenvalue weighted by atomic mass is 10.0. The normalized spacial score (nSPS) is 11.9. The fraction of sp³-hybridized carbons (Fsp3) is 0.556. The molecule has 0 aliphatic rings. The van der Waals surface area contributed by atoms with Crippen molar-refractivity contribution in [2.75, 3.05) is 55.1 Å². The van der Waals surface area contributed by atoms with Gasteiger partial charge in [-0.15, -0.1) is 0 Å². The highest BCUT2D eigenvalue weighted by molar-refractivity contribution is 5.78. The standard InChI is InChI=1S/C18H28N2O5/c1-19(2)16(14-6-8-15(24-4)9-7-14)12-20(17(21)13-23-3)11-10-18(22)25-5/h6-9,16H,10-13H2,1-5H3. The summed E-state index contributed by atoms with van der Waals surface area (Å²) in [6.45, 7) is 0.706. The maximum atomic E-state index is 12.3. The molecule has 0 spiro atoms. The van der Waals surface area contributed by atoms with E-state index >= 15 is 0 Å². The van der Waals surface area contributed by atoms with Crippen LogP contribution in [0.15, 0.2) is 24.3 Å². The molecule has 1 amide bonds. The minimum atomic E-state index is -0.346. The van der Waals surface area contributed by atoms with Crippen LogP contribution in [-0.4, -0.2) is 76.8 Å². The molecule has 1 aromatic rings. The van der Waals surface area contributed by atoms with Crippen molar-refractivity contribution in [3.63, 3.8) is 0 Å². The van der Waals surface area contributed by atoms with Crippen molar-refractivity contribution < 1.29 is 23.8 Å². The highest BCUT2D eigenvalue weighted by Gasteiger charge is 2.22. The number of amides is 1. The van der Waals surface area contributed by atoms with Crippen LogP contribution >= 0.6 is 0 Å². The van der Waals surface area contributed by atoms with Crippen LogP contribution < -0.4 is 4.74 Å². The van der Waals surface area contributed by atoms with E-state index in [-0.39, 0.29) is 37.5 Å². The van der Waals surface area contributed by atoms with Crippen LogP contribution in [-0.2, 0) is 19.1 Å². The predicted molar refractivity (Wildman–Crippen MR) is 94.5 cm³/mol. The number of hydrogen-bond donors (Lipinski definition) is 0. The van der Waals surface area contributed by atoms with Gasteiger partial charge in [-0.05, 0) is 31.8 Å². The SMILES string of the molecule is COCC(=O)N(CCC(=O)OC)CC(c1ccc(OC)cc1)N(C)C. The Morgan fingerprint density at radius 2 is 1.72 bits per heavy atom. The number of carbonyl (C=O) groups excluding carboxylic acids is 2. The van der Waals surface area contributed by atoms with E-state index in [1.54, 1.807) is 12.0 Å². The minimum Gasteiger partial charge on any atom is -0.497 e. The summed E-state index contributed by atoms with van der Waals surface area (Å²) >= 11 is 0. The molecule has 1 unspecified atom stereocenters. The molecule has 0 radical (unpaired) electrons. The molecule has 1 aromatic carbocycles. The van der Waals surface area contributed by atoms with Gasteiger partial charge in [0.15, 0.2) is 0 Å². The number of methoxy groups -OCH3 is 3. The zero-order valence-electron chi connectivity index (χ0n) is 15.7. The maximum Gasteiger partial charge on any atom is 0.307 e. The Bertz CT molecular complexity index is 545. The summed E-state index contributed by atoms with van der Waals surface area (Å²) in [5, 5.41) is 0. The lowest BCUT2D eigenvalue weighted by molar-refractivity contribution is -0.142. The van der Waals surface area contributed by atoms with Crippen molar-refractivity contribution >= 4 is 11.9 Å². The average molecular weight is 352 g/mol. The summed E-state index contributed by atoms with van der Waals surface area (Å²) in [6, 6.07) is 7.71. The predicted octanol–water partition coefficient (Wildman–Crippen LogP) is 1.34. The summed E-state index contributed by atoms with van der Waals surface area (Å²) in [4.78, 5) is 27.5. The molecular weight excluding hydrogens is 324 g/mol. The van der Waals surface area contributed by atoms with Gasteiger partial charge < -0.3 is 24.0 Å². The number of benzene rings is 1. The van der Waals surface area contributed by atoms with E-state index in [4.69, 9.17) is 9.47 Å². The first-order valence-corrected chi connectivity index (χ1v) is 8.06. The van der Waals surface area contributed by atoms with Crippen molar-refractivity contribution in [3.05, 3.63) is 29.8 Å². The van der Waals surface area contributed by atoms with Gasteiger partial charge in [0, 0.05) is 20.2 Å². The van der Waals surface area contributed by atoms with Crippen LogP contribution in [0.2, 0.25) is 0 Å². The Morgan fingerprint density at radius 3 is 2.20 bits per heavy atom. The van der Waals surface area contributed by atoms with Gasteiger partial charge in [0.2, 0.25) is 5.91 Å². The van der Waals surface area contributed by atoms with Gasteiger partial charge in [-0.3, -0.25) is 9.59 Å². The zero-order chi connectivity index (χ0) is 18.8. The van der Waals surface area contributed by atoms with Crippen LogP contribution in [0.3, 0.4) is 0 Å². The monoisotopic (exact) mass is 352 g/mol. The van der Waals surface area contributed by atoms with Gasteiger partial charge in [-0.2, -0.15) is 0 Å². The lowest BCUT2D eigenvalue weighted by Crippen LogP contribution is -2.41. The van der Waals surface area contributed by atoms with E-state index in [9.17, 15) is 9.59 Å². The van der Waals surface area contributed by atoms with Crippen molar-refractivity contribution in [2.24, 2.45) is 0 Å². The molecule has 0 aromatic heterocycles. The van der Waals surface area contributed by atoms with Gasteiger partial charge >= 0.3 is 5.97 Å². The number of nitrogens with zero attached hydrogens (tertiary/aromatic N) is 2. The van der Waals surface area contributed by atoms with Gasteiger partial charge in [-0.1, -0.05) is 12.1 Å². The Morgan fingerprint density at radius 1 is 1.08 bits per heavy atom. The smallest absolute Gasteiger partial charge is 0.307 e. The molecule has 0 bridgehead atoms. The molecule has 0 heterocycles. The Kier molecular flexibility index (Phi) is 8.94. The third kappa shape index (κ3) is 6.72. The molecule has 0 saturated heterocycles. The zero-order valence-corrected chi connectivity index (χ0v) is 15.7. The highest BCUT2D eigenvalue weighted by Crippen LogP contribution is 2.22. The van der Waals surface area contributed by atoms with E-state index < -0.39 is 0 Å². The van der Waals surface area contributed by atoms with Crippen LogP contribution in [0.25, 0.3) is 0 Å². The molecule has 0 saturated carbocycles. The van der Waals surface area contributed by atoms with E-state index in [0.717, 1.165) is 11.3 Å². The Labute approximate surface area is 149 Å². The van der Waals surface area contributed by atoms with Gasteiger partial charge in [0.1, 0.15) is 12.4 Å². The summed E-state index contributed by atoms with van der Waals surface area (Å²) in [7, 11) is 8.34. The Hall–Kier alpha value is -2.12. The summed E-state index contributed by atoms with van der Waals surface area (Å²) in [6.07, 6.45) is 0.148. The van der Waals surface area contributed by atoms with Crippen molar-refractivity contribution in [1.82, 2.24) is 9.80 Å². The largest absolute Gasteiger partial charge is 0.497 e. The first-order valence-electron chi connectivity index (χ1n) is 8.06. The van der Waals surface area contributed by atoms with Crippen LogP contribution in [0.4, 0.5) is 0 Å². The second kappa shape index (κ2) is 10.7. The molecule has 1 rings (SSSR count). The first kappa shape index (κ1) is 20.9. The third-order valence-electron chi connectivity index (χ3n) is 3.95. The number of rotatable bonds is 10. The van der Waals surface area contributed by atoms with E-state index in [2.05, 4.69) is 4.74 Å². The Balaban J connectivity index is 2.93. The first-order chi connectivity index (χ1) is 11.9. The van der Waals surface area contributed by atoms with E-state index in [1.165, 1.54) is 14.2 Å². The molecular formula is C18H28N2O5. The molecule has 7 heteroatoms. The van der Waals surface area contributed by atoms with Crippen molar-refractivity contribution in [3.8, 4) is 5.75 Å². The molecule has 7 nitrogen and oxygen atoms in total. The number of ether oxygens (including phenoxy) is 3. The van der Waals surface area contributed by atoms with Gasteiger partial charge in [0.05, 0.1) is 26.7 Å². The fourth-order valence-corrected chi connectivity index (χ4v) is 2.46. The molecule has 0 aliphatic heterocycles. The van der Waals surface area contributed by atoms with Gasteiger partial charge in [0.25, 0.3) is 0 Å². The molecule has 25 heavy (non-hydrogen) atoms. The highest BCUT2D eigenvalue weighted by atomic mass is 16.5. The summed E-state index contributed by atoms with van der Waals surface area (Å²) in [5.74, 6) is 0.270. The van der Waals surface area contributed by atoms with E-state index in [1.807, 2.05) is 43.3 Å². The van der Waals surface area contributed by atoms with Crippen LogP contribution in [0.5, 0.6) is 5.75 Å². The quantitative estimate of drug-likeness (QED) is 0.592. The molecule has 140 valence electrons. The minimum absolute atomic E-state index is 0.0237. The van der Waals surface area contributed by atoms with E-state index in [0.29, 0.717) is 6.54 Å². The maximum absolute atomic E-state index is 12.3. The second-order valence-electron chi connectivity index (χ2n) is 5.85. The summed E-state index contributed by atoms with van der Waals surface area (Å²) in [5.41, 5.74) is 1.05. The molecule has 0 N–H and O–H groups in total. The summed E-state index contributed by atoms with van der Waals surface area (Å²) < 4.78 is 14.8. The number of hydrogen-bond acceptors (Lipinski definition) is 6. The van der Waals surface area contributed by atoms with Crippen LogP contribution in [0, 0.1) is 0 Å². The third-order valence-corrected chi connectivity index (χ3v) is 3.95. The number of carbonyl (C=O) groups is 2. The van der Waals surface area contributed by atoms with Gasteiger partial charge in [-0.25, -0.2) is 0 Å². The number of likely N-dealkylation sites (N-methyl/N-ethyl adjacent to an activating group) is 1. The number of esters is 1. The fourth-order valence-electron chi connectivity index (χ4n) is 2.46. The lowest BCUT2D eigenvalue weighted by Gasteiger charge is -2.31. The molecule has 1 atom stereocenters. The average Bonchev–Trinajstić information content (AvgIpc) is 2.61.